The van der Waals surface area contributed by atoms with Crippen LogP contribution in [0.25, 0.3) is 0 Å². The molecule has 0 aliphatic carbocycles. The van der Waals surface area contributed by atoms with Crippen LogP contribution in [-0.2, 0) is 4.43 Å². The van der Waals surface area contributed by atoms with Crippen molar-refractivity contribution in [1.82, 2.24) is 9.80 Å². The molecule has 0 N–H and O–H groups in total. The predicted molar refractivity (Wildman–Crippen MR) is 104 cm³/mol. The van der Waals surface area contributed by atoms with Crippen molar-refractivity contribution < 1.29 is 4.43 Å². The Labute approximate surface area is 142 Å². The molecule has 0 bridgehead atoms. The largest absolute Gasteiger partial charge is 0.420 e. The van der Waals surface area contributed by atoms with Gasteiger partial charge in [0.2, 0.25) is 0 Å². The van der Waals surface area contributed by atoms with Gasteiger partial charge in [-0.2, -0.15) is 0 Å². The van der Waals surface area contributed by atoms with E-state index in [1.165, 1.54) is 45.1 Å². The summed E-state index contributed by atoms with van der Waals surface area (Å²) >= 11 is 0. The summed E-state index contributed by atoms with van der Waals surface area (Å²) in [6, 6.07) is 1.30. The first-order chi connectivity index (χ1) is 10.1. The lowest BCUT2D eigenvalue weighted by molar-refractivity contribution is 0.0459. The van der Waals surface area contributed by atoms with E-state index in [2.05, 4.69) is 56.8 Å². The molecule has 22 heavy (non-hydrogen) atoms. The van der Waals surface area contributed by atoms with E-state index in [1.807, 2.05) is 7.11 Å². The summed E-state index contributed by atoms with van der Waals surface area (Å²) in [7, 11) is -0.112. The van der Waals surface area contributed by atoms with Crippen LogP contribution in [0.5, 0.6) is 0 Å². The molecule has 3 nitrogen and oxygen atoms in total. The maximum Gasteiger partial charge on any atom is 0.186 e. The molecule has 5 heteroatoms. The molecule has 1 aliphatic rings. The van der Waals surface area contributed by atoms with E-state index in [1.54, 1.807) is 0 Å². The third-order valence-corrected chi connectivity index (χ3v) is 10.1. The first kappa shape index (κ1) is 20.4. The van der Waals surface area contributed by atoms with Crippen molar-refractivity contribution in [3.63, 3.8) is 0 Å². The Morgan fingerprint density at radius 3 is 2.27 bits per heavy atom. The SMILES string of the molecule is CO[Si](C)(C)CCCCN1CCN(C(C)(C)C)CC1[SiH](C)C. The molecule has 0 amide bonds. The van der Waals surface area contributed by atoms with Gasteiger partial charge < -0.3 is 9.33 Å². The van der Waals surface area contributed by atoms with Gasteiger partial charge in [-0.15, -0.1) is 0 Å². The Bertz CT molecular complexity index is 329. The molecule has 1 aliphatic heterocycles. The number of unbranched alkanes of at least 4 members (excludes halogenated alkanes) is 1. The summed E-state index contributed by atoms with van der Waals surface area (Å²) in [6.45, 7) is 21.9. The summed E-state index contributed by atoms with van der Waals surface area (Å²) in [5.41, 5.74) is 1.17. The normalized spacial score (nSPS) is 22.5. The van der Waals surface area contributed by atoms with Gasteiger partial charge in [0.25, 0.3) is 0 Å². The molecule has 1 fully saturated rings. The van der Waals surface area contributed by atoms with Gasteiger partial charge in [-0.1, -0.05) is 19.5 Å². The second kappa shape index (κ2) is 8.42. The molecular formula is C17H40N2OSi2. The summed E-state index contributed by atoms with van der Waals surface area (Å²) in [4.78, 5) is 5.50. The highest BCUT2D eigenvalue weighted by atomic mass is 28.4. The van der Waals surface area contributed by atoms with E-state index in [0.29, 0.717) is 5.54 Å². The fourth-order valence-corrected chi connectivity index (χ4v) is 6.46. The molecule has 0 spiro atoms. The highest BCUT2D eigenvalue weighted by Gasteiger charge is 2.33. The van der Waals surface area contributed by atoms with Crippen LogP contribution in [0.2, 0.25) is 32.2 Å². The van der Waals surface area contributed by atoms with Crippen molar-refractivity contribution in [2.75, 3.05) is 33.3 Å². The highest BCUT2D eigenvalue weighted by molar-refractivity contribution is 6.71. The lowest BCUT2D eigenvalue weighted by Crippen LogP contribution is -2.61. The zero-order valence-corrected chi connectivity index (χ0v) is 18.6. The molecule has 1 atom stereocenters. The van der Waals surface area contributed by atoms with E-state index >= 15 is 0 Å². The van der Waals surface area contributed by atoms with Gasteiger partial charge in [0.15, 0.2) is 8.32 Å². The standard InChI is InChI=1S/C17H40N2OSi2/c1-17(2,3)19-13-12-18(16(15-19)21(5)6)11-9-10-14-22(7,8)20-4/h16,21H,9-15H2,1-8H3. The van der Waals surface area contributed by atoms with Crippen molar-refractivity contribution in [3.05, 3.63) is 0 Å². The Morgan fingerprint density at radius 1 is 1.14 bits per heavy atom. The summed E-state index contributed by atoms with van der Waals surface area (Å²) in [5.74, 6) is 0. The minimum absolute atomic E-state index is 0.321. The smallest absolute Gasteiger partial charge is 0.186 e. The third kappa shape index (κ3) is 6.44. The lowest BCUT2D eigenvalue weighted by atomic mass is 10.0. The molecule has 132 valence electrons. The third-order valence-electron chi connectivity index (χ3n) is 5.28. The van der Waals surface area contributed by atoms with Crippen LogP contribution in [0.15, 0.2) is 0 Å². The molecule has 0 aromatic carbocycles. The summed E-state index contributed by atoms with van der Waals surface area (Å²) in [6.07, 6.45) is 2.67. The van der Waals surface area contributed by atoms with Crippen LogP contribution in [0.3, 0.4) is 0 Å². The van der Waals surface area contributed by atoms with Gasteiger partial charge in [0.1, 0.15) is 0 Å². The minimum atomic E-state index is -1.36. The first-order valence-corrected chi connectivity index (χ1v) is 15.2. The van der Waals surface area contributed by atoms with E-state index in [9.17, 15) is 0 Å². The Balaban J connectivity index is 2.46. The average Bonchev–Trinajstić information content (AvgIpc) is 2.42. The summed E-state index contributed by atoms with van der Waals surface area (Å²) in [5, 5.41) is 0. The highest BCUT2D eigenvalue weighted by Crippen LogP contribution is 2.22. The number of piperazine rings is 1. The molecular weight excluding hydrogens is 304 g/mol. The second-order valence-corrected chi connectivity index (χ2v) is 16.6. The number of rotatable bonds is 7. The fraction of sp³-hybridized carbons (Fsp3) is 1.00. The van der Waals surface area contributed by atoms with Gasteiger partial charge >= 0.3 is 0 Å². The zero-order valence-electron chi connectivity index (χ0n) is 16.4. The van der Waals surface area contributed by atoms with Gasteiger partial charge in [-0.3, -0.25) is 4.90 Å². The maximum absolute atomic E-state index is 5.67. The molecule has 1 rings (SSSR count). The van der Waals surface area contributed by atoms with Crippen molar-refractivity contribution in [3.8, 4) is 0 Å². The zero-order chi connectivity index (χ0) is 17.0. The molecule has 0 radical (unpaired) electrons. The Morgan fingerprint density at radius 2 is 1.77 bits per heavy atom. The lowest BCUT2D eigenvalue weighted by Gasteiger charge is -2.48. The monoisotopic (exact) mass is 344 g/mol. The molecule has 0 saturated carbocycles. The number of hydrogen-bond donors (Lipinski definition) is 0. The van der Waals surface area contributed by atoms with E-state index < -0.39 is 17.1 Å². The second-order valence-electron chi connectivity index (χ2n) is 8.89. The van der Waals surface area contributed by atoms with E-state index in [0.717, 1.165) is 5.67 Å². The topological polar surface area (TPSA) is 15.7 Å². The average molecular weight is 345 g/mol. The fourth-order valence-electron chi connectivity index (χ4n) is 3.33. The van der Waals surface area contributed by atoms with Crippen molar-refractivity contribution in [1.29, 1.82) is 0 Å². The Kier molecular flexibility index (Phi) is 7.79. The Hall–Kier alpha value is 0.314. The van der Waals surface area contributed by atoms with Crippen molar-refractivity contribution in [2.24, 2.45) is 0 Å². The van der Waals surface area contributed by atoms with Crippen LogP contribution in [0.1, 0.15) is 33.6 Å². The van der Waals surface area contributed by atoms with Crippen LogP contribution in [-0.4, -0.2) is 71.4 Å². The first-order valence-electron chi connectivity index (χ1n) is 9.11. The summed E-state index contributed by atoms with van der Waals surface area (Å²) < 4.78 is 5.67. The van der Waals surface area contributed by atoms with Gasteiger partial charge in [0.05, 0.1) is 8.80 Å². The minimum Gasteiger partial charge on any atom is -0.420 e. The van der Waals surface area contributed by atoms with Crippen molar-refractivity contribution in [2.45, 2.75) is 77.0 Å². The number of nitrogens with zero attached hydrogens (tertiary/aromatic N) is 2. The molecule has 1 heterocycles. The predicted octanol–water partition coefficient (Wildman–Crippen LogP) is 3.43. The van der Waals surface area contributed by atoms with Crippen LogP contribution in [0, 0.1) is 0 Å². The van der Waals surface area contributed by atoms with Gasteiger partial charge in [0, 0.05) is 37.9 Å². The maximum atomic E-state index is 5.67. The van der Waals surface area contributed by atoms with Gasteiger partial charge in [-0.05, 0) is 52.9 Å². The van der Waals surface area contributed by atoms with E-state index in [-0.39, 0.29) is 0 Å². The van der Waals surface area contributed by atoms with Crippen LogP contribution >= 0.6 is 0 Å². The number of hydrogen-bond acceptors (Lipinski definition) is 3. The quantitative estimate of drug-likeness (QED) is 0.520. The molecule has 1 unspecified atom stereocenters. The van der Waals surface area contributed by atoms with Gasteiger partial charge in [-0.25, -0.2) is 0 Å². The molecule has 0 aromatic heterocycles. The van der Waals surface area contributed by atoms with Crippen molar-refractivity contribution >= 4 is 17.1 Å². The van der Waals surface area contributed by atoms with Crippen LogP contribution < -0.4 is 0 Å². The molecule has 0 aromatic rings. The van der Waals surface area contributed by atoms with E-state index in [4.69, 9.17) is 4.43 Å². The van der Waals surface area contributed by atoms with Crippen LogP contribution in [0.4, 0.5) is 0 Å². The molecule has 1 saturated heterocycles.